The fourth-order valence-corrected chi connectivity index (χ4v) is 0.794. The molecule has 1 aromatic rings. The molecular weight excluding hydrogens is 193 g/mol. The minimum Gasteiger partial charge on any atom is -1.48 e. The molecule has 42 valence electrons. The second-order valence-electron chi connectivity index (χ2n) is 1.64. The van der Waals surface area contributed by atoms with Crippen LogP contribution in [0.1, 0.15) is 5.56 Å². The van der Waals surface area contributed by atoms with Gasteiger partial charge >= 0.3 is 103 Å². The first kappa shape index (κ1) is 15.4. The summed E-state index contributed by atoms with van der Waals surface area (Å²) in [6.07, 6.45) is 0.834. The largest absolute Gasteiger partial charge is 1.48 e. The van der Waals surface area contributed by atoms with Gasteiger partial charge in [0.2, 0.25) is 0 Å². The zero-order chi connectivity index (χ0) is 5.82. The molecule has 0 bridgehead atoms. The van der Waals surface area contributed by atoms with Crippen molar-refractivity contribution in [1.29, 1.82) is 0 Å². The van der Waals surface area contributed by atoms with Crippen LogP contribution in [0.2, 0.25) is 0 Å². The molecule has 0 radical (unpaired) electrons. The molecule has 0 aliphatic heterocycles. The van der Waals surface area contributed by atoms with Crippen LogP contribution in [-0.2, 0) is 6.16 Å². The van der Waals surface area contributed by atoms with E-state index in [1.165, 1.54) is 5.56 Å². The molecule has 0 aromatic heterocycles. The predicted octanol–water partition coefficient (Wildman–Crippen LogP) is -3.39. The first-order valence-electron chi connectivity index (χ1n) is 2.58. The normalized spacial score (nSPS) is 7.30. The molecule has 3 heteroatoms. The van der Waals surface area contributed by atoms with E-state index < -0.39 is 0 Å². The fraction of sp³-hybridized carbons (Fsp3) is 0.143. The zero-order valence-electron chi connectivity index (χ0n) is 6.54. The van der Waals surface area contributed by atoms with Gasteiger partial charge in [0.25, 0.3) is 0 Å². The van der Waals surface area contributed by atoms with Gasteiger partial charge in [0.15, 0.2) is 0 Å². The van der Waals surface area contributed by atoms with Crippen LogP contribution in [0.15, 0.2) is 30.3 Å². The average molecular weight is 200 g/mol. The van der Waals surface area contributed by atoms with Crippen molar-refractivity contribution >= 4 is 9.24 Å². The first-order valence-corrected chi connectivity index (χ1v) is 3.21. The van der Waals surface area contributed by atoms with E-state index in [1.807, 2.05) is 18.2 Å². The zero-order valence-corrected chi connectivity index (χ0v) is 13.7. The Balaban J connectivity index is 0. The Bertz CT molecular complexity index is 153. The van der Waals surface area contributed by atoms with Gasteiger partial charge in [-0.2, -0.15) is 0 Å². The molecule has 0 aliphatic rings. The van der Waals surface area contributed by atoms with Gasteiger partial charge in [-0.15, -0.1) is 5.56 Å². The van der Waals surface area contributed by atoms with E-state index in [2.05, 4.69) is 21.4 Å². The molecule has 0 nitrogen and oxygen atoms in total. The number of hydrogen-bond donors (Lipinski definition) is 0. The summed E-state index contributed by atoms with van der Waals surface area (Å²) in [5, 5.41) is 0. The van der Waals surface area contributed by atoms with Gasteiger partial charge in [-0.25, -0.2) is 0 Å². The van der Waals surface area contributed by atoms with Crippen molar-refractivity contribution in [2.24, 2.45) is 0 Å². The Morgan fingerprint density at radius 1 is 1.00 bits per heavy atom. The number of hydrogen-bond acceptors (Lipinski definition) is 0. The van der Waals surface area contributed by atoms with Crippen molar-refractivity contribution in [3.8, 4) is 0 Å². The van der Waals surface area contributed by atoms with Crippen molar-refractivity contribution in [3.63, 3.8) is 0 Å². The van der Waals surface area contributed by atoms with E-state index >= 15 is 0 Å². The van der Waals surface area contributed by atoms with E-state index in [0.29, 0.717) is 0 Å². The summed E-state index contributed by atoms with van der Waals surface area (Å²) in [7, 11) is 4.11. The first-order chi connectivity index (χ1) is 3.93. The topological polar surface area (TPSA) is 0 Å². The van der Waals surface area contributed by atoms with Gasteiger partial charge in [0, 0.05) is 0 Å². The quantitative estimate of drug-likeness (QED) is 0.328. The van der Waals surface area contributed by atoms with Crippen LogP contribution in [0.3, 0.4) is 0 Å². The third kappa shape index (κ3) is 6.44. The van der Waals surface area contributed by atoms with Crippen LogP contribution in [0.4, 0.5) is 0 Å². The molecule has 0 aliphatic carbocycles. The van der Waals surface area contributed by atoms with Crippen LogP contribution < -0.4 is 103 Å². The molecule has 0 amide bonds. The van der Waals surface area contributed by atoms with Crippen molar-refractivity contribution in [2.75, 3.05) is 0 Å². The summed E-state index contributed by atoms with van der Waals surface area (Å²) in [6, 6.07) is 10.2. The van der Waals surface area contributed by atoms with E-state index in [0.717, 1.165) is 6.16 Å². The van der Waals surface area contributed by atoms with Crippen LogP contribution in [0.5, 0.6) is 0 Å². The second kappa shape index (κ2) is 10.0. The van der Waals surface area contributed by atoms with E-state index in [-0.39, 0.29) is 103 Å². The Morgan fingerprint density at radius 2 is 1.50 bits per heavy atom. The van der Waals surface area contributed by atoms with Crippen molar-refractivity contribution in [3.05, 3.63) is 35.9 Å². The van der Waals surface area contributed by atoms with Gasteiger partial charge in [-0.3, -0.25) is 0 Å². The summed E-state index contributed by atoms with van der Waals surface area (Å²) in [5.41, 5.74) is 1.27. The Labute approximate surface area is 150 Å². The Hall–Kier alpha value is 2.92. The van der Waals surface area contributed by atoms with Crippen molar-refractivity contribution in [1.82, 2.24) is 0 Å². The molecule has 0 heterocycles. The van der Waals surface area contributed by atoms with E-state index in [9.17, 15) is 0 Å². The van der Waals surface area contributed by atoms with Crippen LogP contribution in [0, 0.1) is 0 Å². The SMILES string of the molecule is [K+].[K+].[P-2]Cc1ccccc1. The van der Waals surface area contributed by atoms with Gasteiger partial charge in [0.05, 0.1) is 0 Å². The monoisotopic (exact) mass is 200 g/mol. The molecule has 0 unspecified atom stereocenters. The summed E-state index contributed by atoms with van der Waals surface area (Å²) < 4.78 is 0. The van der Waals surface area contributed by atoms with E-state index in [4.69, 9.17) is 0 Å². The van der Waals surface area contributed by atoms with Gasteiger partial charge in [-0.05, 0) is 0 Å². The molecule has 10 heavy (non-hydrogen) atoms. The summed E-state index contributed by atoms with van der Waals surface area (Å²) in [5.74, 6) is 0. The molecule has 0 atom stereocenters. The van der Waals surface area contributed by atoms with Crippen molar-refractivity contribution < 1.29 is 103 Å². The maximum atomic E-state index is 4.11. The summed E-state index contributed by atoms with van der Waals surface area (Å²) >= 11 is 0. The molecular formula is C7H7K2P. The van der Waals surface area contributed by atoms with Crippen LogP contribution in [0.25, 0.3) is 0 Å². The number of benzene rings is 1. The minimum atomic E-state index is 0. The molecule has 1 aromatic carbocycles. The average Bonchev–Trinajstić information content (AvgIpc) is 1.90. The third-order valence-electron chi connectivity index (χ3n) is 1.03. The maximum Gasteiger partial charge on any atom is 1.00 e. The van der Waals surface area contributed by atoms with Crippen LogP contribution in [-0.4, -0.2) is 0 Å². The predicted molar refractivity (Wildman–Crippen MR) is 37.1 cm³/mol. The fourth-order valence-electron chi connectivity index (χ4n) is 0.583. The molecule has 1 rings (SSSR count). The molecule has 0 fully saturated rings. The number of rotatable bonds is 1. The molecule has 0 N–H and O–H groups in total. The second-order valence-corrected chi connectivity index (χ2v) is 1.96. The van der Waals surface area contributed by atoms with E-state index in [1.54, 1.807) is 0 Å². The smallest absolute Gasteiger partial charge is 1.00 e. The summed E-state index contributed by atoms with van der Waals surface area (Å²) in [4.78, 5) is 0. The molecule has 0 saturated heterocycles. The third-order valence-corrected chi connectivity index (χ3v) is 1.39. The molecule has 0 spiro atoms. The maximum absolute atomic E-state index is 4.11. The summed E-state index contributed by atoms with van der Waals surface area (Å²) in [6.45, 7) is 0. The Morgan fingerprint density at radius 3 is 1.80 bits per heavy atom. The van der Waals surface area contributed by atoms with Crippen molar-refractivity contribution in [2.45, 2.75) is 6.16 Å². The molecule has 0 saturated carbocycles. The minimum absolute atomic E-state index is 0. The Kier molecular flexibility index (Phi) is 15.4. The van der Waals surface area contributed by atoms with Gasteiger partial charge in [0.1, 0.15) is 0 Å². The van der Waals surface area contributed by atoms with Crippen LogP contribution >= 0.6 is 9.24 Å². The standard InChI is InChI=1S/C7H7P.2K/c8-6-7-4-2-1-3-5-7;;/h1-5H,6H2;;/q-2;2*+1. The van der Waals surface area contributed by atoms with Gasteiger partial charge in [-0.1, -0.05) is 30.3 Å². The van der Waals surface area contributed by atoms with Gasteiger partial charge < -0.3 is 15.4 Å².